The Bertz CT molecular complexity index is 896. The lowest BCUT2D eigenvalue weighted by atomic mass is 9.90. The summed E-state index contributed by atoms with van der Waals surface area (Å²) in [7, 11) is 1.72. The third-order valence-electron chi connectivity index (χ3n) is 6.02. The molecular formula is C23H26Cl2N2O2. The predicted octanol–water partition coefficient (Wildman–Crippen LogP) is 4.77. The van der Waals surface area contributed by atoms with Gasteiger partial charge < -0.3 is 14.5 Å². The van der Waals surface area contributed by atoms with Crippen molar-refractivity contribution >= 4 is 29.1 Å². The van der Waals surface area contributed by atoms with Crippen LogP contribution in [0.5, 0.6) is 5.75 Å². The van der Waals surface area contributed by atoms with Crippen LogP contribution in [0.3, 0.4) is 0 Å². The van der Waals surface area contributed by atoms with Crippen LogP contribution in [0.15, 0.2) is 36.4 Å². The first kappa shape index (κ1) is 20.5. The van der Waals surface area contributed by atoms with E-state index in [2.05, 4.69) is 11.0 Å². The number of benzene rings is 2. The van der Waals surface area contributed by atoms with Gasteiger partial charge >= 0.3 is 0 Å². The van der Waals surface area contributed by atoms with E-state index in [0.29, 0.717) is 23.0 Å². The second-order valence-electron chi connectivity index (χ2n) is 7.81. The maximum absolute atomic E-state index is 13.3. The van der Waals surface area contributed by atoms with Crippen LogP contribution < -0.4 is 4.74 Å². The fraction of sp³-hybridized carbons (Fsp3) is 0.435. The Morgan fingerprint density at radius 2 is 1.90 bits per heavy atom. The minimum atomic E-state index is 0.0437. The van der Waals surface area contributed by atoms with Crippen molar-refractivity contribution in [2.45, 2.75) is 31.7 Å². The number of fused-ring (bicyclic) bond motifs is 1. The molecule has 4 rings (SSSR count). The Morgan fingerprint density at radius 1 is 1.10 bits per heavy atom. The zero-order valence-electron chi connectivity index (χ0n) is 16.7. The van der Waals surface area contributed by atoms with Crippen molar-refractivity contribution in [3.8, 4) is 5.75 Å². The highest BCUT2D eigenvalue weighted by molar-refractivity contribution is 6.42. The van der Waals surface area contributed by atoms with Crippen molar-refractivity contribution in [2.75, 3.05) is 33.3 Å². The van der Waals surface area contributed by atoms with Gasteiger partial charge in [-0.05, 0) is 61.7 Å². The lowest BCUT2D eigenvalue weighted by Crippen LogP contribution is -2.45. The van der Waals surface area contributed by atoms with Crippen LogP contribution in [0, 0.1) is 0 Å². The summed E-state index contributed by atoms with van der Waals surface area (Å²) in [6.07, 6.45) is 3.60. The van der Waals surface area contributed by atoms with Gasteiger partial charge in [0.15, 0.2) is 0 Å². The number of carbonyl (C=O) groups excluding carboxylic acids is 1. The van der Waals surface area contributed by atoms with Gasteiger partial charge in [-0.3, -0.25) is 4.79 Å². The number of nitrogens with zero attached hydrogens (tertiary/aromatic N) is 2. The highest BCUT2D eigenvalue weighted by Gasteiger charge is 2.33. The predicted molar refractivity (Wildman–Crippen MR) is 117 cm³/mol. The first-order valence-electron chi connectivity index (χ1n) is 10.2. The van der Waals surface area contributed by atoms with Crippen molar-refractivity contribution in [2.24, 2.45) is 0 Å². The van der Waals surface area contributed by atoms with Crippen LogP contribution in [0.1, 0.15) is 35.6 Å². The molecule has 4 nitrogen and oxygen atoms in total. The number of likely N-dealkylation sites (tertiary alicyclic amines) is 1. The van der Waals surface area contributed by atoms with E-state index in [9.17, 15) is 4.79 Å². The van der Waals surface area contributed by atoms with E-state index < -0.39 is 0 Å². The van der Waals surface area contributed by atoms with Gasteiger partial charge in [-0.2, -0.15) is 0 Å². The molecule has 1 saturated heterocycles. The molecule has 0 aliphatic carbocycles. The number of ether oxygens (including phenoxy) is 1. The summed E-state index contributed by atoms with van der Waals surface area (Å²) in [5, 5.41) is 0.994. The maximum atomic E-state index is 13.3. The molecule has 2 aromatic carbocycles. The number of rotatable bonds is 5. The van der Waals surface area contributed by atoms with E-state index in [1.165, 1.54) is 24.0 Å². The summed E-state index contributed by atoms with van der Waals surface area (Å²) >= 11 is 12.2. The van der Waals surface area contributed by atoms with Crippen molar-refractivity contribution in [1.29, 1.82) is 0 Å². The molecule has 2 heterocycles. The van der Waals surface area contributed by atoms with Crippen LogP contribution in [-0.2, 0) is 17.6 Å². The van der Waals surface area contributed by atoms with Crippen molar-refractivity contribution in [3.05, 3.63) is 63.1 Å². The normalized spacial score (nSPS) is 19.3. The SMILES string of the molecule is COc1cccc2c1CCN(C(=O)Cc1ccc(Cl)c(Cl)c1)[C@@H]2CN1CCCC1. The van der Waals surface area contributed by atoms with Gasteiger partial charge in [0.05, 0.1) is 29.6 Å². The Balaban J connectivity index is 1.61. The van der Waals surface area contributed by atoms with E-state index in [4.69, 9.17) is 27.9 Å². The molecule has 1 atom stereocenters. The average molecular weight is 433 g/mol. The molecule has 2 aliphatic heterocycles. The van der Waals surface area contributed by atoms with Gasteiger partial charge in [-0.25, -0.2) is 0 Å². The topological polar surface area (TPSA) is 32.8 Å². The number of hydrogen-bond donors (Lipinski definition) is 0. The molecule has 2 aliphatic rings. The highest BCUT2D eigenvalue weighted by Crippen LogP contribution is 2.36. The third-order valence-corrected chi connectivity index (χ3v) is 6.76. The highest BCUT2D eigenvalue weighted by atomic mass is 35.5. The number of amides is 1. The summed E-state index contributed by atoms with van der Waals surface area (Å²) in [6, 6.07) is 11.7. The first-order chi connectivity index (χ1) is 14.1. The summed E-state index contributed by atoms with van der Waals surface area (Å²) in [5.41, 5.74) is 3.34. The standard InChI is InChI=1S/C23H26Cl2N2O2/c1-29-22-6-4-5-17-18(22)9-12-27(21(17)15-26-10-2-3-11-26)23(28)14-16-7-8-19(24)20(25)13-16/h4-8,13,21H,2-3,9-12,14-15H2,1H3/t21-/m1/s1. The summed E-state index contributed by atoms with van der Waals surface area (Å²) in [6.45, 7) is 3.77. The number of carbonyl (C=O) groups is 1. The molecule has 154 valence electrons. The average Bonchev–Trinajstić information content (AvgIpc) is 3.23. The van der Waals surface area contributed by atoms with E-state index in [1.807, 2.05) is 23.1 Å². The van der Waals surface area contributed by atoms with Crippen LogP contribution in [-0.4, -0.2) is 49.0 Å². The molecule has 0 bridgehead atoms. The van der Waals surface area contributed by atoms with Crippen LogP contribution in [0.4, 0.5) is 0 Å². The van der Waals surface area contributed by atoms with Crippen LogP contribution >= 0.6 is 23.2 Å². The fourth-order valence-corrected chi connectivity index (χ4v) is 4.86. The molecule has 1 amide bonds. The van der Waals surface area contributed by atoms with Gasteiger partial charge in [-0.15, -0.1) is 0 Å². The minimum absolute atomic E-state index is 0.0437. The Labute approximate surface area is 182 Å². The molecule has 0 unspecified atom stereocenters. The lowest BCUT2D eigenvalue weighted by molar-refractivity contribution is -0.133. The van der Waals surface area contributed by atoms with Gasteiger partial charge in [0.1, 0.15) is 5.75 Å². The number of methoxy groups -OCH3 is 1. The van der Waals surface area contributed by atoms with Gasteiger partial charge in [0.25, 0.3) is 0 Å². The van der Waals surface area contributed by atoms with E-state index >= 15 is 0 Å². The second kappa shape index (κ2) is 8.95. The Kier molecular flexibility index (Phi) is 6.33. The zero-order valence-corrected chi connectivity index (χ0v) is 18.2. The van der Waals surface area contributed by atoms with Gasteiger partial charge in [0, 0.05) is 18.7 Å². The van der Waals surface area contributed by atoms with Crippen LogP contribution in [0.25, 0.3) is 0 Å². The third kappa shape index (κ3) is 4.40. The summed E-state index contributed by atoms with van der Waals surface area (Å²) < 4.78 is 5.60. The van der Waals surface area contributed by atoms with Crippen molar-refractivity contribution in [1.82, 2.24) is 9.80 Å². The Hall–Kier alpha value is -1.75. The van der Waals surface area contributed by atoms with Gasteiger partial charge in [0.2, 0.25) is 5.91 Å². The summed E-state index contributed by atoms with van der Waals surface area (Å²) in [5.74, 6) is 1.05. The van der Waals surface area contributed by atoms with Crippen LogP contribution in [0.2, 0.25) is 10.0 Å². The van der Waals surface area contributed by atoms with Crippen molar-refractivity contribution < 1.29 is 9.53 Å². The summed E-state index contributed by atoms with van der Waals surface area (Å²) in [4.78, 5) is 17.8. The molecule has 6 heteroatoms. The molecule has 1 fully saturated rings. The second-order valence-corrected chi connectivity index (χ2v) is 8.63. The molecule has 0 saturated carbocycles. The fourth-order valence-electron chi connectivity index (χ4n) is 4.54. The quantitative estimate of drug-likeness (QED) is 0.681. The Morgan fingerprint density at radius 3 is 2.62 bits per heavy atom. The minimum Gasteiger partial charge on any atom is -0.496 e. The lowest BCUT2D eigenvalue weighted by Gasteiger charge is -2.40. The molecular weight excluding hydrogens is 407 g/mol. The monoisotopic (exact) mass is 432 g/mol. The molecule has 2 aromatic rings. The van der Waals surface area contributed by atoms with E-state index in [1.54, 1.807) is 19.2 Å². The largest absolute Gasteiger partial charge is 0.496 e. The van der Waals surface area contributed by atoms with Crippen molar-refractivity contribution in [3.63, 3.8) is 0 Å². The maximum Gasteiger partial charge on any atom is 0.227 e. The molecule has 29 heavy (non-hydrogen) atoms. The van der Waals surface area contributed by atoms with E-state index in [0.717, 1.165) is 37.4 Å². The number of halogens is 2. The molecule has 0 aromatic heterocycles. The molecule has 0 spiro atoms. The first-order valence-corrected chi connectivity index (χ1v) is 10.9. The zero-order chi connectivity index (χ0) is 20.4. The van der Waals surface area contributed by atoms with Gasteiger partial charge in [-0.1, -0.05) is 41.4 Å². The molecule has 0 radical (unpaired) electrons. The van der Waals surface area contributed by atoms with E-state index in [-0.39, 0.29) is 11.9 Å². The molecule has 0 N–H and O–H groups in total. The number of hydrogen-bond acceptors (Lipinski definition) is 3. The smallest absolute Gasteiger partial charge is 0.227 e.